The molecular formula is C13H11N7. The number of nitrogens with two attached hydrogens (primary N) is 2. The van der Waals surface area contributed by atoms with Crippen LogP contribution in [-0.2, 0) is 0 Å². The third-order valence-electron chi connectivity index (χ3n) is 3.23. The zero-order valence-corrected chi connectivity index (χ0v) is 10.4. The van der Waals surface area contributed by atoms with Gasteiger partial charge < -0.3 is 11.5 Å². The van der Waals surface area contributed by atoms with Gasteiger partial charge in [0.05, 0.1) is 5.69 Å². The summed E-state index contributed by atoms with van der Waals surface area (Å²) in [5.74, 6) is 0.738. The van der Waals surface area contributed by atoms with Crippen molar-refractivity contribution in [3.8, 4) is 11.3 Å². The van der Waals surface area contributed by atoms with Crippen LogP contribution in [0.5, 0.6) is 0 Å². The largest absolute Gasteiger partial charge is 0.383 e. The minimum atomic E-state index is 0.346. The van der Waals surface area contributed by atoms with Crippen LogP contribution >= 0.6 is 0 Å². The summed E-state index contributed by atoms with van der Waals surface area (Å²) in [7, 11) is 0. The van der Waals surface area contributed by atoms with Crippen LogP contribution in [0.1, 0.15) is 0 Å². The normalized spacial score (nSPS) is 11.4. The first-order valence-electron chi connectivity index (χ1n) is 6.08. The van der Waals surface area contributed by atoms with E-state index in [0.717, 1.165) is 11.3 Å². The SMILES string of the molecule is Nc1nc2cc(-c3ccccc3)nn2c2n[nH]c(N)c12. The van der Waals surface area contributed by atoms with E-state index in [1.807, 2.05) is 36.4 Å². The number of hydrogen-bond donors (Lipinski definition) is 3. The average molecular weight is 265 g/mol. The lowest BCUT2D eigenvalue weighted by Crippen LogP contribution is -1.99. The van der Waals surface area contributed by atoms with Gasteiger partial charge in [-0.05, 0) is 0 Å². The van der Waals surface area contributed by atoms with Crippen molar-refractivity contribution >= 4 is 28.3 Å². The van der Waals surface area contributed by atoms with Gasteiger partial charge in [0.1, 0.15) is 17.0 Å². The highest BCUT2D eigenvalue weighted by Crippen LogP contribution is 2.26. The maximum Gasteiger partial charge on any atom is 0.190 e. The van der Waals surface area contributed by atoms with Crippen molar-refractivity contribution < 1.29 is 0 Å². The highest BCUT2D eigenvalue weighted by atomic mass is 15.3. The lowest BCUT2D eigenvalue weighted by atomic mass is 10.2. The number of benzene rings is 1. The molecule has 7 heteroatoms. The zero-order chi connectivity index (χ0) is 13.7. The summed E-state index contributed by atoms with van der Waals surface area (Å²) in [5.41, 5.74) is 14.8. The van der Waals surface area contributed by atoms with Crippen molar-refractivity contribution in [3.63, 3.8) is 0 Å². The Hall–Kier alpha value is -3.09. The standard InChI is InChI=1S/C13H11N7/c14-11-10-12(15)17-18-13(10)20-9(16-11)6-8(19-20)7-4-2-1-3-5-7/h1-6H,(H2,14,16)(H3,15,17,18). The van der Waals surface area contributed by atoms with Crippen molar-refractivity contribution in [2.45, 2.75) is 0 Å². The Balaban J connectivity index is 2.07. The first kappa shape index (κ1) is 10.8. The number of nitrogens with zero attached hydrogens (tertiary/aromatic N) is 4. The average Bonchev–Trinajstić information content (AvgIpc) is 3.04. The molecule has 0 unspecified atom stereocenters. The number of nitrogens with one attached hydrogen (secondary N) is 1. The summed E-state index contributed by atoms with van der Waals surface area (Å²) in [5, 5.41) is 12.0. The Morgan fingerprint density at radius 1 is 1.10 bits per heavy atom. The number of rotatable bonds is 1. The van der Waals surface area contributed by atoms with Gasteiger partial charge in [-0.2, -0.15) is 14.7 Å². The van der Waals surface area contributed by atoms with Crippen molar-refractivity contribution in [2.24, 2.45) is 0 Å². The molecule has 7 nitrogen and oxygen atoms in total. The van der Waals surface area contributed by atoms with Gasteiger partial charge in [-0.1, -0.05) is 30.3 Å². The highest BCUT2D eigenvalue weighted by Gasteiger charge is 2.14. The molecule has 0 aliphatic rings. The molecule has 5 N–H and O–H groups in total. The molecule has 20 heavy (non-hydrogen) atoms. The molecule has 0 bridgehead atoms. The summed E-state index contributed by atoms with van der Waals surface area (Å²) in [6, 6.07) is 11.7. The predicted octanol–water partition coefficient (Wildman–Crippen LogP) is 1.44. The molecule has 0 spiro atoms. The minimum Gasteiger partial charge on any atom is -0.383 e. The van der Waals surface area contributed by atoms with E-state index in [1.165, 1.54) is 0 Å². The van der Waals surface area contributed by atoms with Crippen LogP contribution in [0.15, 0.2) is 36.4 Å². The van der Waals surface area contributed by atoms with Gasteiger partial charge in [-0.25, -0.2) is 4.98 Å². The molecule has 1 aromatic carbocycles. The van der Waals surface area contributed by atoms with Crippen molar-refractivity contribution in [2.75, 3.05) is 11.5 Å². The van der Waals surface area contributed by atoms with E-state index in [0.29, 0.717) is 28.3 Å². The summed E-state index contributed by atoms with van der Waals surface area (Å²) in [6.45, 7) is 0. The summed E-state index contributed by atoms with van der Waals surface area (Å²) >= 11 is 0. The van der Waals surface area contributed by atoms with Crippen LogP contribution in [0.2, 0.25) is 0 Å². The third-order valence-corrected chi connectivity index (χ3v) is 3.23. The van der Waals surface area contributed by atoms with Gasteiger partial charge in [0.15, 0.2) is 11.3 Å². The van der Waals surface area contributed by atoms with Gasteiger partial charge in [-0.15, -0.1) is 0 Å². The van der Waals surface area contributed by atoms with Crippen LogP contribution in [0.25, 0.3) is 27.9 Å². The van der Waals surface area contributed by atoms with Gasteiger partial charge in [-0.3, -0.25) is 5.10 Å². The highest BCUT2D eigenvalue weighted by molar-refractivity contribution is 5.96. The summed E-state index contributed by atoms with van der Waals surface area (Å²) < 4.78 is 1.64. The van der Waals surface area contributed by atoms with E-state index >= 15 is 0 Å². The van der Waals surface area contributed by atoms with E-state index in [-0.39, 0.29) is 0 Å². The lowest BCUT2D eigenvalue weighted by Gasteiger charge is -1.98. The van der Waals surface area contributed by atoms with Crippen LogP contribution in [0.3, 0.4) is 0 Å². The van der Waals surface area contributed by atoms with Crippen LogP contribution in [0, 0.1) is 0 Å². The quantitative estimate of drug-likeness (QED) is 0.482. The minimum absolute atomic E-state index is 0.346. The Morgan fingerprint density at radius 3 is 2.70 bits per heavy atom. The van der Waals surface area contributed by atoms with Crippen LogP contribution in [-0.4, -0.2) is 24.8 Å². The molecule has 0 aliphatic heterocycles. The molecule has 3 aromatic heterocycles. The van der Waals surface area contributed by atoms with E-state index in [4.69, 9.17) is 11.5 Å². The zero-order valence-electron chi connectivity index (χ0n) is 10.4. The number of nitrogen functional groups attached to an aromatic ring is 2. The number of aromatic nitrogens is 5. The van der Waals surface area contributed by atoms with Gasteiger partial charge >= 0.3 is 0 Å². The fourth-order valence-electron chi connectivity index (χ4n) is 2.29. The first-order valence-corrected chi connectivity index (χ1v) is 6.08. The molecular weight excluding hydrogens is 254 g/mol. The summed E-state index contributed by atoms with van der Waals surface area (Å²) in [6.07, 6.45) is 0. The molecule has 0 radical (unpaired) electrons. The summed E-state index contributed by atoms with van der Waals surface area (Å²) in [4.78, 5) is 4.32. The molecule has 0 saturated carbocycles. The van der Waals surface area contributed by atoms with Gasteiger partial charge in [0.25, 0.3) is 0 Å². The number of fused-ring (bicyclic) bond motifs is 3. The van der Waals surface area contributed by atoms with Crippen LogP contribution < -0.4 is 11.5 Å². The molecule has 3 heterocycles. The maximum absolute atomic E-state index is 5.92. The lowest BCUT2D eigenvalue weighted by molar-refractivity contribution is 0.955. The van der Waals surface area contributed by atoms with Crippen molar-refractivity contribution in [1.82, 2.24) is 24.8 Å². The van der Waals surface area contributed by atoms with E-state index in [9.17, 15) is 0 Å². The Kier molecular flexibility index (Phi) is 2.00. The number of hydrogen-bond acceptors (Lipinski definition) is 5. The second-order valence-corrected chi connectivity index (χ2v) is 4.50. The fourth-order valence-corrected chi connectivity index (χ4v) is 2.29. The van der Waals surface area contributed by atoms with Gasteiger partial charge in [0, 0.05) is 11.6 Å². The third kappa shape index (κ3) is 1.37. The second-order valence-electron chi connectivity index (χ2n) is 4.50. The molecule has 4 rings (SSSR count). The maximum atomic E-state index is 5.92. The first-order chi connectivity index (χ1) is 9.74. The van der Waals surface area contributed by atoms with Crippen LogP contribution in [0.4, 0.5) is 11.6 Å². The van der Waals surface area contributed by atoms with E-state index in [1.54, 1.807) is 4.52 Å². The molecule has 0 atom stereocenters. The molecule has 4 aromatic rings. The van der Waals surface area contributed by atoms with E-state index in [2.05, 4.69) is 20.3 Å². The predicted molar refractivity (Wildman–Crippen MR) is 76.9 cm³/mol. The van der Waals surface area contributed by atoms with Crippen molar-refractivity contribution in [1.29, 1.82) is 0 Å². The topological polar surface area (TPSA) is 111 Å². The molecule has 0 saturated heterocycles. The molecule has 0 aliphatic carbocycles. The molecule has 0 fully saturated rings. The van der Waals surface area contributed by atoms with Gasteiger partial charge in [0.2, 0.25) is 0 Å². The Morgan fingerprint density at radius 2 is 1.90 bits per heavy atom. The van der Waals surface area contributed by atoms with E-state index < -0.39 is 0 Å². The fraction of sp³-hybridized carbons (Fsp3) is 0. The monoisotopic (exact) mass is 265 g/mol. The van der Waals surface area contributed by atoms with Crippen molar-refractivity contribution in [3.05, 3.63) is 36.4 Å². The Bertz CT molecular complexity index is 920. The second kappa shape index (κ2) is 3.70. The number of aromatic amines is 1. The Labute approximate surface area is 113 Å². The smallest absolute Gasteiger partial charge is 0.190 e. The molecule has 98 valence electrons. The number of H-pyrrole nitrogens is 1. The number of anilines is 2. The molecule has 0 amide bonds.